The maximum absolute atomic E-state index is 6.16. The number of anilines is 2. The van der Waals surface area contributed by atoms with E-state index in [1.807, 2.05) is 36.4 Å². The zero-order chi connectivity index (χ0) is 13.5. The van der Waals surface area contributed by atoms with Crippen molar-refractivity contribution in [1.82, 2.24) is 4.98 Å². The molecule has 0 fully saturated rings. The fourth-order valence-electron chi connectivity index (χ4n) is 2.07. The van der Waals surface area contributed by atoms with Gasteiger partial charge in [-0.05, 0) is 24.3 Å². The van der Waals surface area contributed by atoms with E-state index in [1.165, 1.54) is 11.3 Å². The molecule has 0 unspecified atom stereocenters. The monoisotopic (exact) mass is 304 g/mol. The number of rotatable bonds is 2. The number of aromatic nitrogens is 1. The first kappa shape index (κ1) is 11.8. The minimum Gasteiger partial charge on any atom is -0.454 e. The van der Waals surface area contributed by atoms with Gasteiger partial charge in [-0.3, -0.25) is 0 Å². The highest BCUT2D eigenvalue weighted by atomic mass is 35.5. The fourth-order valence-corrected chi connectivity index (χ4v) is 3.24. The molecule has 0 aliphatic carbocycles. The zero-order valence-electron chi connectivity index (χ0n) is 10.2. The Hall–Kier alpha value is -1.98. The number of benzene rings is 2. The second kappa shape index (κ2) is 4.54. The van der Waals surface area contributed by atoms with Crippen molar-refractivity contribution >= 4 is 44.0 Å². The molecule has 1 aromatic heterocycles. The van der Waals surface area contributed by atoms with Crippen molar-refractivity contribution in [2.75, 3.05) is 12.1 Å². The molecule has 1 N–H and O–H groups in total. The van der Waals surface area contributed by atoms with Crippen LogP contribution in [0, 0.1) is 0 Å². The van der Waals surface area contributed by atoms with E-state index in [1.54, 1.807) is 0 Å². The molecule has 0 radical (unpaired) electrons. The molecule has 4 rings (SSSR count). The summed E-state index contributed by atoms with van der Waals surface area (Å²) in [7, 11) is 0. The molecule has 0 saturated heterocycles. The summed E-state index contributed by atoms with van der Waals surface area (Å²) in [5.41, 5.74) is 1.80. The number of nitrogens with one attached hydrogen (secondary N) is 1. The van der Waals surface area contributed by atoms with E-state index in [0.717, 1.165) is 37.6 Å². The molecule has 100 valence electrons. The molecule has 20 heavy (non-hydrogen) atoms. The van der Waals surface area contributed by atoms with Crippen molar-refractivity contribution in [2.45, 2.75) is 0 Å². The van der Waals surface area contributed by atoms with Crippen LogP contribution in [0.5, 0.6) is 11.5 Å². The lowest BCUT2D eigenvalue weighted by molar-refractivity contribution is 0.174. The summed E-state index contributed by atoms with van der Waals surface area (Å²) in [5.74, 6) is 1.51. The maximum Gasteiger partial charge on any atom is 0.231 e. The van der Waals surface area contributed by atoms with Crippen molar-refractivity contribution in [3.63, 3.8) is 0 Å². The molecule has 3 aromatic rings. The van der Waals surface area contributed by atoms with Gasteiger partial charge >= 0.3 is 0 Å². The van der Waals surface area contributed by atoms with Gasteiger partial charge in [0.05, 0.1) is 15.2 Å². The average molecular weight is 305 g/mol. The molecule has 1 aliphatic rings. The second-order valence-electron chi connectivity index (χ2n) is 4.30. The molecular formula is C14H9ClN2O2S. The third kappa shape index (κ3) is 1.95. The summed E-state index contributed by atoms with van der Waals surface area (Å²) in [5, 5.41) is 4.78. The summed E-state index contributed by atoms with van der Waals surface area (Å²) >= 11 is 7.68. The number of nitrogens with zero attached hydrogens (tertiary/aromatic N) is 1. The summed E-state index contributed by atoms with van der Waals surface area (Å²) in [6.07, 6.45) is 0. The predicted molar refractivity (Wildman–Crippen MR) is 80.5 cm³/mol. The number of ether oxygens (including phenoxy) is 2. The number of fused-ring (bicyclic) bond motifs is 2. The van der Waals surface area contributed by atoms with E-state index in [0.29, 0.717) is 0 Å². The van der Waals surface area contributed by atoms with E-state index in [4.69, 9.17) is 21.1 Å². The quantitative estimate of drug-likeness (QED) is 0.761. The second-order valence-corrected chi connectivity index (χ2v) is 5.71. The van der Waals surface area contributed by atoms with Crippen molar-refractivity contribution in [3.05, 3.63) is 41.4 Å². The van der Waals surface area contributed by atoms with Crippen LogP contribution in [-0.4, -0.2) is 11.8 Å². The van der Waals surface area contributed by atoms with E-state index < -0.39 is 0 Å². The largest absolute Gasteiger partial charge is 0.454 e. The van der Waals surface area contributed by atoms with Crippen LogP contribution in [0.15, 0.2) is 36.4 Å². The van der Waals surface area contributed by atoms with Crippen molar-refractivity contribution in [2.24, 2.45) is 0 Å². The van der Waals surface area contributed by atoms with Crippen LogP contribution in [0.1, 0.15) is 0 Å². The van der Waals surface area contributed by atoms with Gasteiger partial charge in [-0.25, -0.2) is 4.98 Å². The molecule has 0 saturated carbocycles. The van der Waals surface area contributed by atoms with Gasteiger partial charge in [0.1, 0.15) is 0 Å². The van der Waals surface area contributed by atoms with Gasteiger partial charge in [0.2, 0.25) is 6.79 Å². The van der Waals surface area contributed by atoms with Crippen molar-refractivity contribution in [3.8, 4) is 11.5 Å². The highest BCUT2D eigenvalue weighted by Gasteiger charge is 2.14. The van der Waals surface area contributed by atoms with Gasteiger partial charge in [0, 0.05) is 11.8 Å². The predicted octanol–water partition coefficient (Wildman–Crippen LogP) is 4.42. The van der Waals surface area contributed by atoms with E-state index in [2.05, 4.69) is 10.3 Å². The molecule has 4 nitrogen and oxygen atoms in total. The molecule has 2 aromatic carbocycles. The van der Waals surface area contributed by atoms with Gasteiger partial charge in [-0.15, -0.1) is 0 Å². The number of halogens is 1. The zero-order valence-corrected chi connectivity index (χ0v) is 11.8. The molecule has 6 heteroatoms. The van der Waals surface area contributed by atoms with E-state index in [-0.39, 0.29) is 6.79 Å². The molecule has 0 amide bonds. The first-order valence-corrected chi connectivity index (χ1v) is 7.21. The van der Waals surface area contributed by atoms with Gasteiger partial charge < -0.3 is 14.8 Å². The van der Waals surface area contributed by atoms with Crippen LogP contribution >= 0.6 is 22.9 Å². The van der Waals surface area contributed by atoms with Crippen LogP contribution < -0.4 is 14.8 Å². The molecule has 1 aliphatic heterocycles. The number of thiazole rings is 1. The molecular weight excluding hydrogens is 296 g/mol. The lowest BCUT2D eigenvalue weighted by Crippen LogP contribution is -1.93. The first-order chi connectivity index (χ1) is 9.79. The molecule has 2 heterocycles. The Morgan fingerprint density at radius 1 is 1.15 bits per heavy atom. The average Bonchev–Trinajstić information content (AvgIpc) is 3.05. The number of hydrogen-bond acceptors (Lipinski definition) is 5. The third-order valence-corrected chi connectivity index (χ3v) is 4.44. The summed E-state index contributed by atoms with van der Waals surface area (Å²) in [4.78, 5) is 4.51. The van der Waals surface area contributed by atoms with Gasteiger partial charge in [0.25, 0.3) is 0 Å². The Labute approximate surface area is 123 Å². The smallest absolute Gasteiger partial charge is 0.231 e. The Kier molecular flexibility index (Phi) is 2.68. The minimum absolute atomic E-state index is 0.273. The Bertz CT molecular complexity index is 803. The van der Waals surface area contributed by atoms with Crippen molar-refractivity contribution < 1.29 is 9.47 Å². The molecule has 0 spiro atoms. The standard InChI is InChI=1S/C14H9ClN2O2S/c15-9-2-1-3-10-13(9)20-14(17-10)16-8-4-5-11-12(6-8)19-7-18-11/h1-6H,7H2,(H,16,17). The summed E-state index contributed by atoms with van der Waals surface area (Å²) in [6.45, 7) is 0.273. The summed E-state index contributed by atoms with van der Waals surface area (Å²) in [6, 6.07) is 11.4. The van der Waals surface area contributed by atoms with Gasteiger partial charge in [-0.1, -0.05) is 29.0 Å². The highest BCUT2D eigenvalue weighted by Crippen LogP contribution is 2.37. The summed E-state index contributed by atoms with van der Waals surface area (Å²) < 4.78 is 11.6. The van der Waals surface area contributed by atoms with Gasteiger partial charge in [0.15, 0.2) is 16.6 Å². The molecule has 0 atom stereocenters. The van der Waals surface area contributed by atoms with Crippen LogP contribution in [0.25, 0.3) is 10.2 Å². The lowest BCUT2D eigenvalue weighted by Gasteiger charge is -2.03. The Balaban J connectivity index is 1.69. The van der Waals surface area contributed by atoms with Gasteiger partial charge in [-0.2, -0.15) is 0 Å². The van der Waals surface area contributed by atoms with Crippen LogP contribution in [0.3, 0.4) is 0 Å². The Morgan fingerprint density at radius 3 is 2.95 bits per heavy atom. The highest BCUT2D eigenvalue weighted by molar-refractivity contribution is 7.22. The van der Waals surface area contributed by atoms with Crippen LogP contribution in [0.2, 0.25) is 5.02 Å². The lowest BCUT2D eigenvalue weighted by atomic mass is 10.3. The van der Waals surface area contributed by atoms with E-state index >= 15 is 0 Å². The third-order valence-electron chi connectivity index (χ3n) is 2.99. The molecule has 0 bridgehead atoms. The fraction of sp³-hybridized carbons (Fsp3) is 0.0714. The van der Waals surface area contributed by atoms with E-state index in [9.17, 15) is 0 Å². The number of hydrogen-bond donors (Lipinski definition) is 1. The van der Waals surface area contributed by atoms with Crippen LogP contribution in [0.4, 0.5) is 10.8 Å². The van der Waals surface area contributed by atoms with Crippen LogP contribution in [-0.2, 0) is 0 Å². The maximum atomic E-state index is 6.16. The SMILES string of the molecule is Clc1cccc2nc(Nc3ccc4c(c3)OCO4)sc12. The topological polar surface area (TPSA) is 43.4 Å². The minimum atomic E-state index is 0.273. The Morgan fingerprint density at radius 2 is 2.05 bits per heavy atom. The van der Waals surface area contributed by atoms with Crippen molar-refractivity contribution in [1.29, 1.82) is 0 Å². The normalized spacial score (nSPS) is 12.8. The first-order valence-electron chi connectivity index (χ1n) is 6.01.